The summed E-state index contributed by atoms with van der Waals surface area (Å²) in [7, 11) is 0. The van der Waals surface area contributed by atoms with Crippen LogP contribution in [0.1, 0.15) is 10.5 Å². The third kappa shape index (κ3) is 5.06. The molecule has 33 heavy (non-hydrogen) atoms. The van der Waals surface area contributed by atoms with Crippen LogP contribution in [0.25, 0.3) is 28.3 Å². The summed E-state index contributed by atoms with van der Waals surface area (Å²) in [5, 5.41) is 4.13. The number of hydrogen-bond donors (Lipinski definition) is 3. The van der Waals surface area contributed by atoms with Crippen molar-refractivity contribution in [2.24, 2.45) is 5.73 Å². The van der Waals surface area contributed by atoms with E-state index in [1.807, 2.05) is 0 Å². The molecule has 4 N–H and O–H groups in total. The molecule has 0 unspecified atom stereocenters. The van der Waals surface area contributed by atoms with Gasteiger partial charge < -0.3 is 16.4 Å². The average Bonchev–Trinajstić information content (AvgIpc) is 3.21. The van der Waals surface area contributed by atoms with Crippen LogP contribution in [0, 0.1) is 0 Å². The molecule has 0 bridgehead atoms. The molecule has 0 atom stereocenters. The minimum Gasteiger partial charge on any atom is -0.364 e. The van der Waals surface area contributed by atoms with Gasteiger partial charge in [-0.1, -0.05) is 12.1 Å². The van der Waals surface area contributed by atoms with Crippen LogP contribution in [0.15, 0.2) is 61.1 Å². The Hall–Kier alpha value is -4.48. The molecule has 0 aliphatic carbocycles. The number of alkyl halides is 3. The molecule has 9 nitrogen and oxygen atoms in total. The van der Waals surface area contributed by atoms with Crippen molar-refractivity contribution in [3.05, 3.63) is 66.7 Å². The van der Waals surface area contributed by atoms with E-state index in [0.717, 1.165) is 0 Å². The number of primary amides is 1. The summed E-state index contributed by atoms with van der Waals surface area (Å²) in [6.45, 7) is -1.43. The highest BCUT2D eigenvalue weighted by atomic mass is 19.4. The van der Waals surface area contributed by atoms with E-state index in [4.69, 9.17) is 5.73 Å². The molecule has 0 aliphatic heterocycles. The number of amides is 3. The zero-order valence-electron chi connectivity index (χ0n) is 16.8. The van der Waals surface area contributed by atoms with Crippen LogP contribution < -0.4 is 16.4 Å². The first-order valence-corrected chi connectivity index (χ1v) is 9.52. The lowest BCUT2D eigenvalue weighted by atomic mass is 10.1. The number of halogens is 3. The maximum atomic E-state index is 12.3. The standard InChI is InChI=1S/C21H16F3N7O2/c22-21(23,24)11-28-20(33)29-14-3-1-2-12(8-14)16-10-27-17-9-13(5-7-31(16)17)19-26-6-4-15(30-19)18(25)32/h1-10H,11H2,(H2,25,32)(H2,28,29,33). The lowest BCUT2D eigenvalue weighted by Gasteiger charge is -2.11. The van der Waals surface area contributed by atoms with Crippen molar-refractivity contribution in [2.45, 2.75) is 6.18 Å². The van der Waals surface area contributed by atoms with Crippen LogP contribution in [-0.2, 0) is 0 Å². The van der Waals surface area contributed by atoms with Crippen molar-refractivity contribution in [3.63, 3.8) is 0 Å². The van der Waals surface area contributed by atoms with Crippen LogP contribution in [0.3, 0.4) is 0 Å². The van der Waals surface area contributed by atoms with E-state index < -0.39 is 24.7 Å². The second-order valence-electron chi connectivity index (χ2n) is 6.92. The van der Waals surface area contributed by atoms with Gasteiger partial charge in [0.25, 0.3) is 5.91 Å². The number of aromatic nitrogens is 4. The van der Waals surface area contributed by atoms with Gasteiger partial charge in [0.05, 0.1) is 11.9 Å². The SMILES string of the molecule is NC(=O)c1ccnc(-c2ccn3c(-c4cccc(NC(=O)NCC(F)(F)F)c4)cnc3c2)n1. The molecule has 0 saturated heterocycles. The summed E-state index contributed by atoms with van der Waals surface area (Å²) in [5.74, 6) is -0.349. The second kappa shape index (κ2) is 8.57. The molecule has 4 rings (SSSR count). The zero-order valence-corrected chi connectivity index (χ0v) is 16.8. The number of benzene rings is 1. The van der Waals surface area contributed by atoms with Crippen molar-refractivity contribution in [1.82, 2.24) is 24.7 Å². The normalized spacial score (nSPS) is 11.4. The maximum Gasteiger partial charge on any atom is 0.405 e. The largest absolute Gasteiger partial charge is 0.405 e. The molecule has 0 spiro atoms. The summed E-state index contributed by atoms with van der Waals surface area (Å²) >= 11 is 0. The summed E-state index contributed by atoms with van der Waals surface area (Å²) in [4.78, 5) is 35.8. The summed E-state index contributed by atoms with van der Waals surface area (Å²) in [6, 6.07) is 10.5. The maximum absolute atomic E-state index is 12.3. The van der Waals surface area contributed by atoms with E-state index in [0.29, 0.717) is 34.0 Å². The lowest BCUT2D eigenvalue weighted by Crippen LogP contribution is -2.36. The van der Waals surface area contributed by atoms with Gasteiger partial charge in [0.1, 0.15) is 17.9 Å². The Kier molecular flexibility index (Phi) is 5.65. The molecule has 4 aromatic rings. The minimum absolute atomic E-state index is 0.0903. The third-order valence-electron chi connectivity index (χ3n) is 4.55. The van der Waals surface area contributed by atoms with E-state index in [1.165, 1.54) is 12.3 Å². The highest BCUT2D eigenvalue weighted by Crippen LogP contribution is 2.26. The van der Waals surface area contributed by atoms with Crippen LogP contribution in [0.2, 0.25) is 0 Å². The molecule has 3 heterocycles. The lowest BCUT2D eigenvalue weighted by molar-refractivity contribution is -0.122. The number of nitrogens with one attached hydrogen (secondary N) is 2. The van der Waals surface area contributed by atoms with E-state index in [2.05, 4.69) is 20.3 Å². The van der Waals surface area contributed by atoms with Gasteiger partial charge in [0.15, 0.2) is 5.82 Å². The van der Waals surface area contributed by atoms with Gasteiger partial charge in [-0.05, 0) is 30.3 Å². The first-order chi connectivity index (χ1) is 15.7. The molecule has 12 heteroatoms. The Morgan fingerprint density at radius 2 is 1.88 bits per heavy atom. The van der Waals surface area contributed by atoms with E-state index >= 15 is 0 Å². The molecular formula is C21H16F3N7O2. The Morgan fingerprint density at radius 3 is 2.64 bits per heavy atom. The number of anilines is 1. The molecule has 1 aromatic carbocycles. The van der Waals surface area contributed by atoms with Gasteiger partial charge in [0.2, 0.25) is 0 Å². The smallest absolute Gasteiger partial charge is 0.364 e. The van der Waals surface area contributed by atoms with Gasteiger partial charge in [0, 0.05) is 29.2 Å². The second-order valence-corrected chi connectivity index (χ2v) is 6.92. The average molecular weight is 455 g/mol. The fraction of sp³-hybridized carbons (Fsp3) is 0.0952. The van der Waals surface area contributed by atoms with Crippen molar-refractivity contribution in [3.8, 4) is 22.6 Å². The number of nitrogens with zero attached hydrogens (tertiary/aromatic N) is 4. The van der Waals surface area contributed by atoms with E-state index in [9.17, 15) is 22.8 Å². The highest BCUT2D eigenvalue weighted by molar-refractivity contribution is 5.91. The third-order valence-corrected chi connectivity index (χ3v) is 4.55. The van der Waals surface area contributed by atoms with Crippen molar-refractivity contribution < 1.29 is 22.8 Å². The molecule has 0 saturated carbocycles. The number of pyridine rings is 1. The Morgan fingerprint density at radius 1 is 1.06 bits per heavy atom. The molecule has 0 fully saturated rings. The number of rotatable bonds is 5. The Bertz CT molecular complexity index is 1350. The van der Waals surface area contributed by atoms with Gasteiger partial charge >= 0.3 is 12.2 Å². The van der Waals surface area contributed by atoms with Crippen LogP contribution in [0.5, 0.6) is 0 Å². The van der Waals surface area contributed by atoms with E-state index in [-0.39, 0.29) is 5.69 Å². The number of imidazole rings is 1. The zero-order chi connectivity index (χ0) is 23.6. The Labute approximate surface area is 184 Å². The number of nitrogens with two attached hydrogens (primary N) is 1. The van der Waals surface area contributed by atoms with Gasteiger partial charge in [-0.15, -0.1) is 0 Å². The predicted octanol–water partition coefficient (Wildman–Crippen LogP) is 3.24. The first kappa shape index (κ1) is 21.7. The van der Waals surface area contributed by atoms with Crippen molar-refractivity contribution >= 4 is 23.3 Å². The Balaban J connectivity index is 1.58. The van der Waals surface area contributed by atoms with Crippen LogP contribution >= 0.6 is 0 Å². The van der Waals surface area contributed by atoms with E-state index in [1.54, 1.807) is 58.5 Å². The fourth-order valence-electron chi connectivity index (χ4n) is 3.08. The number of hydrogen-bond acceptors (Lipinski definition) is 5. The topological polar surface area (TPSA) is 127 Å². The summed E-state index contributed by atoms with van der Waals surface area (Å²) < 4.78 is 38.6. The first-order valence-electron chi connectivity index (χ1n) is 9.52. The summed E-state index contributed by atoms with van der Waals surface area (Å²) in [6.07, 6.45) is 0.291. The number of urea groups is 1. The molecule has 3 aromatic heterocycles. The number of fused-ring (bicyclic) bond motifs is 1. The van der Waals surface area contributed by atoms with Crippen LogP contribution in [-0.4, -0.2) is 44.0 Å². The predicted molar refractivity (Wildman–Crippen MR) is 113 cm³/mol. The fourth-order valence-corrected chi connectivity index (χ4v) is 3.08. The van der Waals surface area contributed by atoms with Gasteiger partial charge in [-0.2, -0.15) is 13.2 Å². The molecule has 0 radical (unpaired) electrons. The molecule has 0 aliphatic rings. The van der Waals surface area contributed by atoms with Crippen molar-refractivity contribution in [2.75, 3.05) is 11.9 Å². The van der Waals surface area contributed by atoms with Gasteiger partial charge in [-0.3, -0.25) is 9.20 Å². The minimum atomic E-state index is -4.50. The van der Waals surface area contributed by atoms with Gasteiger partial charge in [-0.25, -0.2) is 19.7 Å². The molecular weight excluding hydrogens is 439 g/mol. The molecule has 168 valence electrons. The molecule has 3 amide bonds. The monoisotopic (exact) mass is 455 g/mol. The quantitative estimate of drug-likeness (QED) is 0.426. The van der Waals surface area contributed by atoms with Crippen molar-refractivity contribution in [1.29, 1.82) is 0 Å². The number of carbonyl (C=O) groups is 2. The highest BCUT2D eigenvalue weighted by Gasteiger charge is 2.27. The summed E-state index contributed by atoms with van der Waals surface area (Å²) in [5.41, 5.74) is 8.23. The number of carbonyl (C=O) groups excluding carboxylic acids is 2. The van der Waals surface area contributed by atoms with Crippen LogP contribution in [0.4, 0.5) is 23.7 Å².